The maximum absolute atomic E-state index is 12.8. The predicted octanol–water partition coefficient (Wildman–Crippen LogP) is 14.6. The van der Waals surface area contributed by atoms with Gasteiger partial charge in [0.25, 0.3) is 0 Å². The number of carbonyl (C=O) groups is 5. The molecular weight excluding hydrogens is 851 g/mol. The summed E-state index contributed by atoms with van der Waals surface area (Å²) in [6.07, 6.45) is 32.0. The minimum Gasteiger partial charge on any atom is -0.466 e. The van der Waals surface area contributed by atoms with Gasteiger partial charge in [0.15, 0.2) is 0 Å². The van der Waals surface area contributed by atoms with Gasteiger partial charge in [0.1, 0.15) is 25.9 Å². The molecule has 0 amide bonds. The van der Waals surface area contributed by atoms with E-state index in [4.69, 9.17) is 28.4 Å². The molecule has 0 aliphatic heterocycles. The van der Waals surface area contributed by atoms with Crippen molar-refractivity contribution in [2.75, 3.05) is 52.7 Å². The summed E-state index contributed by atoms with van der Waals surface area (Å²) in [7, 11) is 0. The van der Waals surface area contributed by atoms with E-state index in [9.17, 15) is 24.0 Å². The Kier molecular flexibility index (Phi) is 50.4. The lowest BCUT2D eigenvalue weighted by atomic mass is 10.0. The van der Waals surface area contributed by atoms with Crippen LogP contribution < -0.4 is 0 Å². The van der Waals surface area contributed by atoms with Gasteiger partial charge in [0.2, 0.25) is 0 Å². The Hall–Kier alpha value is -2.89. The van der Waals surface area contributed by atoms with Crippen LogP contribution in [0, 0.1) is 5.92 Å². The second kappa shape index (κ2) is 51.0. The summed E-state index contributed by atoms with van der Waals surface area (Å²) in [5.74, 6) is -1.66. The molecule has 1 atom stereocenters. The first-order valence-corrected chi connectivity index (χ1v) is 27.4. The van der Waals surface area contributed by atoms with Gasteiger partial charge in [0, 0.05) is 32.2 Å². The van der Waals surface area contributed by atoms with E-state index in [0.717, 1.165) is 77.4 Å². The summed E-state index contributed by atoms with van der Waals surface area (Å²) >= 11 is 0. The third-order valence-electron chi connectivity index (χ3n) is 12.2. The molecule has 67 heavy (non-hydrogen) atoms. The molecule has 0 saturated heterocycles. The van der Waals surface area contributed by atoms with E-state index in [-0.39, 0.29) is 70.7 Å². The third-order valence-corrected chi connectivity index (χ3v) is 12.2. The zero-order chi connectivity index (χ0) is 48.6. The minimum absolute atomic E-state index is 0. The first kappa shape index (κ1) is 66.2. The highest BCUT2D eigenvalue weighted by Gasteiger charge is 2.19. The van der Waals surface area contributed by atoms with Crippen LogP contribution in [0.4, 0.5) is 4.79 Å². The van der Waals surface area contributed by atoms with Crippen LogP contribution in [0.3, 0.4) is 0 Å². The number of rotatable bonds is 49. The summed E-state index contributed by atoms with van der Waals surface area (Å²) in [6, 6.07) is 0. The fraction of sp³-hybridized carbons (Fsp3) is 0.909. The van der Waals surface area contributed by atoms with Gasteiger partial charge in [-0.3, -0.25) is 19.2 Å². The van der Waals surface area contributed by atoms with E-state index in [1.165, 1.54) is 103 Å². The van der Waals surface area contributed by atoms with Crippen LogP contribution in [0.15, 0.2) is 0 Å². The Morgan fingerprint density at radius 2 is 0.731 bits per heavy atom. The van der Waals surface area contributed by atoms with E-state index in [1.54, 1.807) is 0 Å². The van der Waals surface area contributed by atoms with Gasteiger partial charge >= 0.3 is 30.0 Å². The average molecular weight is 956 g/mol. The third kappa shape index (κ3) is 46.6. The summed E-state index contributed by atoms with van der Waals surface area (Å²) < 4.78 is 33.0. The zero-order valence-electron chi connectivity index (χ0n) is 43.3. The lowest BCUT2D eigenvalue weighted by molar-refractivity contribution is -0.151. The van der Waals surface area contributed by atoms with E-state index in [0.29, 0.717) is 51.6 Å². The second-order valence-corrected chi connectivity index (χ2v) is 18.4. The van der Waals surface area contributed by atoms with Crippen molar-refractivity contribution in [1.29, 1.82) is 0 Å². The summed E-state index contributed by atoms with van der Waals surface area (Å²) in [5.41, 5.74) is 0. The largest absolute Gasteiger partial charge is 0.508 e. The number of esters is 4. The van der Waals surface area contributed by atoms with Crippen LogP contribution in [-0.4, -0.2) is 93.7 Å². The average Bonchev–Trinajstić information content (AvgIpc) is 3.31. The monoisotopic (exact) mass is 956 g/mol. The summed E-state index contributed by atoms with van der Waals surface area (Å²) in [4.78, 5) is 64.8. The molecule has 0 aromatic heterocycles. The molecule has 0 aliphatic carbocycles. The number of unbranched alkanes of at least 4 members (excludes halogenated alkanes) is 22. The molecule has 0 radical (unpaired) electrons. The van der Waals surface area contributed by atoms with Crippen molar-refractivity contribution in [3.05, 3.63) is 0 Å². The highest BCUT2D eigenvalue weighted by molar-refractivity contribution is 5.70. The van der Waals surface area contributed by atoms with Crippen molar-refractivity contribution in [3.8, 4) is 0 Å². The van der Waals surface area contributed by atoms with Crippen LogP contribution in [-0.2, 0) is 47.6 Å². The Morgan fingerprint density at radius 1 is 0.373 bits per heavy atom. The van der Waals surface area contributed by atoms with Crippen LogP contribution in [0.1, 0.15) is 260 Å². The number of hydrogen-bond acceptors (Lipinski definition) is 12. The van der Waals surface area contributed by atoms with Gasteiger partial charge in [-0.1, -0.05) is 170 Å². The van der Waals surface area contributed by atoms with Crippen LogP contribution in [0.25, 0.3) is 0 Å². The summed E-state index contributed by atoms with van der Waals surface area (Å²) in [5, 5.41) is 0. The van der Waals surface area contributed by atoms with Gasteiger partial charge in [-0.2, -0.15) is 0 Å². The SMILES string of the molecule is C.CCCCCCCCCCOC(=O)CCCCCC(=O)OCC(COC(=O)CCCCCCC(=O)OC(CCCCCCCC)CCCCCCCC)COC(=O)OCCCN(CC)CC. The molecule has 12 heteroatoms. The first-order valence-electron chi connectivity index (χ1n) is 27.4. The smallest absolute Gasteiger partial charge is 0.466 e. The number of carbonyl (C=O) groups excluding carboxylic acids is 5. The molecule has 0 fully saturated rings. The fourth-order valence-corrected chi connectivity index (χ4v) is 7.83. The van der Waals surface area contributed by atoms with E-state index < -0.39 is 18.0 Å². The zero-order valence-corrected chi connectivity index (χ0v) is 43.3. The molecule has 396 valence electrons. The molecule has 12 nitrogen and oxygen atoms in total. The lowest BCUT2D eigenvalue weighted by Crippen LogP contribution is -2.27. The highest BCUT2D eigenvalue weighted by atomic mass is 16.7. The van der Waals surface area contributed by atoms with Crippen molar-refractivity contribution in [3.63, 3.8) is 0 Å². The minimum atomic E-state index is -0.816. The van der Waals surface area contributed by atoms with Crippen LogP contribution in [0.2, 0.25) is 0 Å². The summed E-state index contributed by atoms with van der Waals surface area (Å²) in [6.45, 7) is 13.9. The molecule has 1 unspecified atom stereocenters. The topological polar surface area (TPSA) is 144 Å². The molecule has 0 aromatic carbocycles. The van der Waals surface area contributed by atoms with Crippen LogP contribution >= 0.6 is 0 Å². The fourth-order valence-electron chi connectivity index (χ4n) is 7.83. The number of hydrogen-bond donors (Lipinski definition) is 0. The molecule has 0 bridgehead atoms. The Bertz CT molecular complexity index is 1130. The second-order valence-electron chi connectivity index (χ2n) is 18.4. The predicted molar refractivity (Wildman–Crippen MR) is 272 cm³/mol. The maximum atomic E-state index is 12.8. The van der Waals surface area contributed by atoms with Crippen LogP contribution in [0.5, 0.6) is 0 Å². The molecule has 0 rings (SSSR count). The Balaban J connectivity index is 0. The van der Waals surface area contributed by atoms with Gasteiger partial charge in [-0.15, -0.1) is 0 Å². The highest BCUT2D eigenvalue weighted by Crippen LogP contribution is 2.19. The molecule has 0 spiro atoms. The van der Waals surface area contributed by atoms with E-state index in [2.05, 4.69) is 39.5 Å². The molecule has 0 heterocycles. The first-order chi connectivity index (χ1) is 32.2. The molecule has 0 aliphatic rings. The van der Waals surface area contributed by atoms with Crippen molar-refractivity contribution in [1.82, 2.24) is 4.90 Å². The molecule has 0 aromatic rings. The van der Waals surface area contributed by atoms with Crippen molar-refractivity contribution >= 4 is 30.0 Å². The van der Waals surface area contributed by atoms with Crippen molar-refractivity contribution < 1.29 is 52.4 Å². The lowest BCUT2D eigenvalue weighted by Gasteiger charge is -2.18. The van der Waals surface area contributed by atoms with E-state index in [1.807, 2.05) is 0 Å². The van der Waals surface area contributed by atoms with Gasteiger partial charge in [-0.25, -0.2) is 4.79 Å². The van der Waals surface area contributed by atoms with Gasteiger partial charge in [0.05, 0.1) is 19.1 Å². The number of ether oxygens (including phenoxy) is 6. The Labute approximate surface area is 411 Å². The van der Waals surface area contributed by atoms with Crippen molar-refractivity contribution in [2.45, 2.75) is 266 Å². The molecular formula is C55H105NO11. The standard InChI is InChI=1S/C54H101NO11.CH4/c1-6-11-14-17-20-21-26-34-43-61-50(56)38-32-27-33-40-52(58)64-46-48(47-65-54(60)62-44-35-42-55(9-4)10-5)45-63-51(57)39-30-24-25-31-41-53(59)66-49(36-28-22-18-15-12-7-2)37-29-23-19-16-13-8-3;/h48-49H,6-47H2,1-5H3;1H4. The molecule has 0 saturated carbocycles. The van der Waals surface area contributed by atoms with Gasteiger partial charge < -0.3 is 33.3 Å². The number of nitrogens with zero attached hydrogens (tertiary/aromatic N) is 1. The van der Waals surface area contributed by atoms with Gasteiger partial charge in [-0.05, 0) is 77.3 Å². The maximum Gasteiger partial charge on any atom is 0.508 e. The normalized spacial score (nSPS) is 11.6. The quantitative estimate of drug-likeness (QED) is 0.0325. The Morgan fingerprint density at radius 3 is 1.19 bits per heavy atom. The molecule has 0 N–H and O–H groups in total. The van der Waals surface area contributed by atoms with E-state index >= 15 is 0 Å². The van der Waals surface area contributed by atoms with Crippen molar-refractivity contribution in [2.24, 2.45) is 5.92 Å².